The van der Waals surface area contributed by atoms with Crippen LogP contribution in [0.25, 0.3) is 0 Å². The zero-order valence-corrected chi connectivity index (χ0v) is 8.37. The van der Waals surface area contributed by atoms with E-state index in [0.29, 0.717) is 12.2 Å². The predicted octanol–water partition coefficient (Wildman–Crippen LogP) is 2.97. The summed E-state index contributed by atoms with van der Waals surface area (Å²) in [5.74, 6) is 2.17. The van der Waals surface area contributed by atoms with Gasteiger partial charge in [0.25, 0.3) is 0 Å². The van der Waals surface area contributed by atoms with Gasteiger partial charge in [-0.15, -0.1) is 0 Å². The Bertz CT molecular complexity index is 283. The van der Waals surface area contributed by atoms with E-state index >= 15 is 0 Å². The summed E-state index contributed by atoms with van der Waals surface area (Å²) in [6, 6.07) is 3.79. The summed E-state index contributed by atoms with van der Waals surface area (Å²) in [5, 5.41) is 0. The van der Waals surface area contributed by atoms with Gasteiger partial charge in [-0.25, -0.2) is 0 Å². The molecular weight excluding hydrogens is 176 g/mol. The second-order valence-electron chi connectivity index (χ2n) is 4.10. The van der Waals surface area contributed by atoms with Crippen molar-refractivity contribution < 1.29 is 9.21 Å². The lowest BCUT2D eigenvalue weighted by molar-refractivity contribution is -0.119. The lowest BCUT2D eigenvalue weighted by Crippen LogP contribution is -1.99. The van der Waals surface area contributed by atoms with Crippen molar-refractivity contribution in [2.75, 3.05) is 0 Å². The quantitative estimate of drug-likeness (QED) is 0.693. The van der Waals surface area contributed by atoms with Gasteiger partial charge in [-0.3, -0.25) is 4.79 Å². The van der Waals surface area contributed by atoms with Crippen molar-refractivity contribution in [2.45, 2.75) is 38.5 Å². The molecule has 14 heavy (non-hydrogen) atoms. The second kappa shape index (κ2) is 4.45. The smallest absolute Gasteiger partial charge is 0.133 e. The zero-order chi connectivity index (χ0) is 9.80. The van der Waals surface area contributed by atoms with Crippen LogP contribution < -0.4 is 0 Å². The second-order valence-corrected chi connectivity index (χ2v) is 4.10. The Hall–Kier alpha value is -1.05. The molecule has 2 heteroatoms. The molecule has 0 atom stereocenters. The molecule has 1 aliphatic rings. The molecule has 0 unspecified atom stereocenters. The van der Waals surface area contributed by atoms with Crippen molar-refractivity contribution in [3.63, 3.8) is 0 Å². The van der Waals surface area contributed by atoms with Crippen LogP contribution in [0.5, 0.6) is 0 Å². The molecule has 1 aromatic heterocycles. The molecule has 0 aromatic carbocycles. The van der Waals surface area contributed by atoms with Gasteiger partial charge in [0, 0.05) is 19.3 Å². The molecule has 0 amide bonds. The van der Waals surface area contributed by atoms with E-state index in [9.17, 15) is 4.79 Å². The van der Waals surface area contributed by atoms with Gasteiger partial charge in [-0.2, -0.15) is 0 Å². The minimum atomic E-state index is 0.383. The molecule has 0 N–H and O–H groups in total. The standard InChI is InChI=1S/C12H16O2/c13-11(6-5-10-3-4-10)7-8-12-2-1-9-14-12/h1-2,9-10H,3-8H2. The molecule has 0 saturated heterocycles. The molecule has 1 heterocycles. The van der Waals surface area contributed by atoms with Crippen molar-refractivity contribution in [3.05, 3.63) is 24.2 Å². The van der Waals surface area contributed by atoms with E-state index < -0.39 is 0 Å². The van der Waals surface area contributed by atoms with E-state index in [-0.39, 0.29) is 0 Å². The summed E-state index contributed by atoms with van der Waals surface area (Å²) >= 11 is 0. The zero-order valence-electron chi connectivity index (χ0n) is 8.37. The number of carbonyl (C=O) groups is 1. The maximum atomic E-state index is 11.4. The van der Waals surface area contributed by atoms with Gasteiger partial charge in [0.15, 0.2) is 0 Å². The Morgan fingerprint density at radius 1 is 1.43 bits per heavy atom. The monoisotopic (exact) mass is 192 g/mol. The van der Waals surface area contributed by atoms with Crippen LogP contribution in [-0.2, 0) is 11.2 Å². The number of furan rings is 1. The summed E-state index contributed by atoms with van der Waals surface area (Å²) in [4.78, 5) is 11.4. The molecule has 0 spiro atoms. The maximum absolute atomic E-state index is 11.4. The first-order valence-electron chi connectivity index (χ1n) is 5.38. The SMILES string of the molecule is O=C(CCc1ccco1)CCC1CC1. The molecule has 1 saturated carbocycles. The lowest BCUT2D eigenvalue weighted by Gasteiger charge is -1.98. The first kappa shape index (κ1) is 9.50. The molecule has 1 fully saturated rings. The molecule has 0 radical (unpaired) electrons. The molecule has 1 aromatic rings. The summed E-state index contributed by atoms with van der Waals surface area (Å²) < 4.78 is 5.17. The third kappa shape index (κ3) is 3.02. The Morgan fingerprint density at radius 2 is 2.29 bits per heavy atom. The highest BCUT2D eigenvalue weighted by Crippen LogP contribution is 2.33. The molecule has 2 rings (SSSR count). The third-order valence-electron chi connectivity index (χ3n) is 2.76. The molecule has 0 bridgehead atoms. The van der Waals surface area contributed by atoms with Gasteiger partial charge < -0.3 is 4.42 Å². The van der Waals surface area contributed by atoms with Crippen LogP contribution in [-0.4, -0.2) is 5.78 Å². The van der Waals surface area contributed by atoms with E-state index in [2.05, 4.69) is 0 Å². The van der Waals surface area contributed by atoms with E-state index in [0.717, 1.165) is 30.9 Å². The van der Waals surface area contributed by atoms with Crippen molar-refractivity contribution in [1.82, 2.24) is 0 Å². The molecule has 0 aliphatic heterocycles. The van der Waals surface area contributed by atoms with Gasteiger partial charge in [0.2, 0.25) is 0 Å². The number of ketones is 1. The Balaban J connectivity index is 1.62. The molecular formula is C12H16O2. The van der Waals surface area contributed by atoms with Crippen LogP contribution in [0.2, 0.25) is 0 Å². The Labute approximate surface area is 84.3 Å². The minimum Gasteiger partial charge on any atom is -0.469 e. The third-order valence-corrected chi connectivity index (χ3v) is 2.76. The highest BCUT2D eigenvalue weighted by atomic mass is 16.3. The normalized spacial score (nSPS) is 15.7. The van der Waals surface area contributed by atoms with Crippen LogP contribution in [0.3, 0.4) is 0 Å². The number of hydrogen-bond acceptors (Lipinski definition) is 2. The number of Topliss-reactive ketones (excluding diaryl/α,β-unsaturated/α-hetero) is 1. The van der Waals surface area contributed by atoms with Crippen LogP contribution in [0.4, 0.5) is 0 Å². The Morgan fingerprint density at radius 3 is 2.93 bits per heavy atom. The van der Waals surface area contributed by atoms with Crippen LogP contribution in [0.1, 0.15) is 37.9 Å². The van der Waals surface area contributed by atoms with Gasteiger partial charge in [0.1, 0.15) is 11.5 Å². The van der Waals surface area contributed by atoms with Gasteiger partial charge in [-0.1, -0.05) is 12.8 Å². The van der Waals surface area contributed by atoms with E-state index in [1.807, 2.05) is 12.1 Å². The summed E-state index contributed by atoms with van der Waals surface area (Å²) in [6.45, 7) is 0. The van der Waals surface area contributed by atoms with E-state index in [4.69, 9.17) is 4.42 Å². The van der Waals surface area contributed by atoms with Gasteiger partial charge >= 0.3 is 0 Å². The van der Waals surface area contributed by atoms with E-state index in [1.54, 1.807) is 6.26 Å². The summed E-state index contributed by atoms with van der Waals surface area (Å²) in [5.41, 5.74) is 0. The van der Waals surface area contributed by atoms with Crippen molar-refractivity contribution in [1.29, 1.82) is 0 Å². The van der Waals surface area contributed by atoms with Crippen LogP contribution >= 0.6 is 0 Å². The fourth-order valence-electron chi connectivity index (χ4n) is 1.61. The van der Waals surface area contributed by atoms with Crippen molar-refractivity contribution in [2.24, 2.45) is 5.92 Å². The topological polar surface area (TPSA) is 30.2 Å². The van der Waals surface area contributed by atoms with Crippen LogP contribution in [0.15, 0.2) is 22.8 Å². The lowest BCUT2D eigenvalue weighted by atomic mass is 10.1. The predicted molar refractivity (Wildman–Crippen MR) is 54.0 cm³/mol. The summed E-state index contributed by atoms with van der Waals surface area (Å²) in [6.07, 6.45) is 7.61. The average Bonchev–Trinajstić information content (AvgIpc) is 2.87. The first-order valence-corrected chi connectivity index (χ1v) is 5.38. The highest BCUT2D eigenvalue weighted by Gasteiger charge is 2.21. The minimum absolute atomic E-state index is 0.383. The van der Waals surface area contributed by atoms with Gasteiger partial charge in [-0.05, 0) is 24.5 Å². The average molecular weight is 192 g/mol. The number of hydrogen-bond donors (Lipinski definition) is 0. The summed E-state index contributed by atoms with van der Waals surface area (Å²) in [7, 11) is 0. The molecule has 2 nitrogen and oxygen atoms in total. The fraction of sp³-hybridized carbons (Fsp3) is 0.583. The highest BCUT2D eigenvalue weighted by molar-refractivity contribution is 5.78. The van der Waals surface area contributed by atoms with Crippen molar-refractivity contribution in [3.8, 4) is 0 Å². The number of carbonyl (C=O) groups excluding carboxylic acids is 1. The molecule has 76 valence electrons. The maximum Gasteiger partial charge on any atom is 0.133 e. The Kier molecular flexibility index (Phi) is 3.02. The van der Waals surface area contributed by atoms with Gasteiger partial charge in [0.05, 0.1) is 6.26 Å². The van der Waals surface area contributed by atoms with Crippen molar-refractivity contribution >= 4 is 5.78 Å². The molecule has 1 aliphatic carbocycles. The largest absolute Gasteiger partial charge is 0.469 e. The van der Waals surface area contributed by atoms with E-state index in [1.165, 1.54) is 12.8 Å². The van der Waals surface area contributed by atoms with Crippen LogP contribution in [0, 0.1) is 5.92 Å². The number of aryl methyl sites for hydroxylation is 1. The number of rotatable bonds is 6. The fourth-order valence-corrected chi connectivity index (χ4v) is 1.61. The first-order chi connectivity index (χ1) is 6.84.